The third kappa shape index (κ3) is 16.1. The van der Waals surface area contributed by atoms with Crippen molar-refractivity contribution in [2.24, 2.45) is 23.5 Å². The minimum absolute atomic E-state index is 0.0529. The number of phenols is 1. The maximum atomic E-state index is 14.7. The summed E-state index contributed by atoms with van der Waals surface area (Å²) in [5.41, 5.74) is 9.34. The van der Waals surface area contributed by atoms with Crippen LogP contribution in [0.1, 0.15) is 88.2 Å². The number of nitrogens with zero attached hydrogens (tertiary/aromatic N) is 1. The molecule has 0 spiro atoms. The molecule has 0 radical (unpaired) electrons. The van der Waals surface area contributed by atoms with Gasteiger partial charge in [0.15, 0.2) is 5.78 Å². The molecule has 3 fully saturated rings. The Morgan fingerprint density at radius 2 is 1.24 bits per heavy atom. The number of hydrogen-bond donors (Lipinski definition) is 15. The number of Topliss-reactive ketones (excluding diaryl/α,β-unsaturated/α-hetero) is 1. The first-order valence-electron chi connectivity index (χ1n) is 28.8. The number of ketones is 1. The summed E-state index contributed by atoms with van der Waals surface area (Å²) in [5.74, 6) is -10.9. The molecule has 85 heavy (non-hydrogen) atoms. The van der Waals surface area contributed by atoms with Gasteiger partial charge >= 0.3 is 0 Å². The summed E-state index contributed by atoms with van der Waals surface area (Å²) in [7, 11) is 0. The summed E-state index contributed by atoms with van der Waals surface area (Å²) in [6.07, 6.45) is -12.4. The zero-order valence-corrected chi connectivity index (χ0v) is 47.9. The lowest BCUT2D eigenvalue weighted by Crippen LogP contribution is -2.64. The van der Waals surface area contributed by atoms with Crippen molar-refractivity contribution in [2.75, 3.05) is 26.2 Å². The minimum atomic E-state index is -2.26. The highest BCUT2D eigenvalue weighted by Crippen LogP contribution is 2.36. The van der Waals surface area contributed by atoms with E-state index in [4.69, 9.17) is 10.5 Å². The Bertz CT molecular complexity index is 2930. The Morgan fingerprint density at radius 1 is 0.682 bits per heavy atom. The van der Waals surface area contributed by atoms with Gasteiger partial charge < -0.3 is 82.8 Å². The van der Waals surface area contributed by atoms with Gasteiger partial charge in [-0.15, -0.1) is 0 Å². The number of nitrogens with two attached hydrogens (primary N) is 1. The number of hydrogen-bond acceptors (Lipinski definition) is 18. The van der Waals surface area contributed by atoms with Gasteiger partial charge in [0, 0.05) is 43.5 Å². The number of aliphatic hydroxyl groups is 7. The first-order chi connectivity index (χ1) is 40.5. The maximum Gasteiger partial charge on any atom is 0.251 e. The van der Waals surface area contributed by atoms with Gasteiger partial charge in [-0.2, -0.15) is 0 Å². The molecule has 4 aromatic rings. The van der Waals surface area contributed by atoms with E-state index < -0.39 is 157 Å². The Morgan fingerprint density at radius 3 is 1.81 bits per heavy atom. The predicted molar refractivity (Wildman–Crippen MR) is 309 cm³/mol. The van der Waals surface area contributed by atoms with Gasteiger partial charge in [0.25, 0.3) is 5.91 Å². The van der Waals surface area contributed by atoms with E-state index in [0.717, 1.165) is 66.0 Å². The number of aliphatic hydroxyl groups excluding tert-OH is 7. The van der Waals surface area contributed by atoms with Crippen molar-refractivity contribution < 1.29 is 79.2 Å². The summed E-state index contributed by atoms with van der Waals surface area (Å²) >= 11 is 0. The fourth-order valence-corrected chi connectivity index (χ4v) is 11.1. The minimum Gasteiger partial charge on any atom is -0.508 e. The first kappa shape index (κ1) is 65.2. The fourth-order valence-electron chi connectivity index (χ4n) is 11.1. The normalized spacial score (nSPS) is 27.8. The van der Waals surface area contributed by atoms with Crippen LogP contribution in [0.25, 0.3) is 22.3 Å². The van der Waals surface area contributed by atoms with Gasteiger partial charge in [-0.05, 0) is 97.3 Å². The lowest BCUT2D eigenvalue weighted by molar-refractivity contribution is -0.147. The number of amides is 6. The number of aromatic hydroxyl groups is 1. The molecule has 7 rings (SSSR count). The van der Waals surface area contributed by atoms with E-state index in [0.29, 0.717) is 6.61 Å². The van der Waals surface area contributed by atoms with Crippen LogP contribution in [-0.4, -0.2) is 186 Å². The molecule has 2 heterocycles. The quantitative estimate of drug-likeness (QED) is 0.0599. The van der Waals surface area contributed by atoms with E-state index in [-0.39, 0.29) is 36.5 Å². The van der Waals surface area contributed by atoms with Crippen LogP contribution < -0.4 is 42.4 Å². The summed E-state index contributed by atoms with van der Waals surface area (Å²) in [6, 6.07) is 17.2. The Labute approximate surface area is 492 Å². The number of nitrogens with one attached hydrogen (secondary N) is 6. The molecule has 2 aliphatic heterocycles. The van der Waals surface area contributed by atoms with E-state index >= 15 is 0 Å². The van der Waals surface area contributed by atoms with Crippen LogP contribution in [-0.2, 0) is 28.8 Å². The van der Waals surface area contributed by atoms with E-state index in [1.165, 1.54) is 43.3 Å². The van der Waals surface area contributed by atoms with Crippen molar-refractivity contribution in [3.05, 3.63) is 108 Å². The molecule has 460 valence electrons. The van der Waals surface area contributed by atoms with Gasteiger partial charge in [-0.3, -0.25) is 38.9 Å². The second kappa shape index (κ2) is 29.6. The van der Waals surface area contributed by atoms with Crippen LogP contribution >= 0.6 is 0 Å². The van der Waals surface area contributed by atoms with Crippen LogP contribution in [0.2, 0.25) is 0 Å². The van der Waals surface area contributed by atoms with Gasteiger partial charge in [-0.1, -0.05) is 87.4 Å². The average Bonchev–Trinajstić information content (AvgIpc) is 3.51. The predicted octanol–water partition coefficient (Wildman–Crippen LogP) is -0.377. The molecular formula is C61H80N8O16. The summed E-state index contributed by atoms with van der Waals surface area (Å²) < 4.78 is 5.86. The SMILES string of the molecule is CCCCCOc1ccc(-c2ccc(-c3ccc(C(=O)N[C@H]4C[C@@H](O)C(NCCN)NC(=O)C5[C@@H](O)[C@@H](C)CN5C(=O)C([C@@H](C)O)NC(=O)C([C@H](O)[C@@H](O)c5ccc(O)cc5)NC(=O)C5C[C@@H](O)CC5C(=O)C([C@@H](C)O)NC4=O)cc3)cc2)cc1. The second-order valence-electron chi connectivity index (χ2n) is 22.4. The molecule has 3 aliphatic rings. The van der Waals surface area contributed by atoms with Gasteiger partial charge in [0.05, 0.1) is 43.0 Å². The molecule has 6 amide bonds. The molecule has 1 aliphatic carbocycles. The Kier molecular flexibility index (Phi) is 22.7. The molecule has 16 atom stereocenters. The molecule has 2 saturated heterocycles. The summed E-state index contributed by atoms with van der Waals surface area (Å²) in [5, 5.41) is 105. The van der Waals surface area contributed by atoms with Crippen LogP contribution in [0.3, 0.4) is 0 Å². The number of ether oxygens (including phenoxy) is 1. The van der Waals surface area contributed by atoms with E-state index in [1.54, 1.807) is 12.1 Å². The number of carbonyl (C=O) groups is 7. The van der Waals surface area contributed by atoms with Crippen molar-refractivity contribution >= 4 is 41.2 Å². The molecule has 1 saturated carbocycles. The van der Waals surface area contributed by atoms with E-state index in [9.17, 15) is 74.4 Å². The molecule has 0 aromatic heterocycles. The Balaban J connectivity index is 1.21. The van der Waals surface area contributed by atoms with Crippen molar-refractivity contribution in [3.63, 3.8) is 0 Å². The van der Waals surface area contributed by atoms with Crippen molar-refractivity contribution in [1.29, 1.82) is 0 Å². The third-order valence-electron chi connectivity index (χ3n) is 16.0. The van der Waals surface area contributed by atoms with Gasteiger partial charge in [0.2, 0.25) is 29.5 Å². The lowest BCUT2D eigenvalue weighted by atomic mass is 9.85. The van der Waals surface area contributed by atoms with Crippen LogP contribution in [0.5, 0.6) is 11.5 Å². The van der Waals surface area contributed by atoms with E-state index in [2.05, 4.69) is 38.8 Å². The zero-order valence-electron chi connectivity index (χ0n) is 47.9. The second-order valence-corrected chi connectivity index (χ2v) is 22.4. The van der Waals surface area contributed by atoms with Crippen molar-refractivity contribution in [3.8, 4) is 33.8 Å². The number of phenolic OH excluding ortho intramolecular Hbond substituents is 1. The summed E-state index contributed by atoms with van der Waals surface area (Å²) in [4.78, 5) is 103. The average molecular weight is 1180 g/mol. The highest BCUT2D eigenvalue weighted by Gasteiger charge is 2.51. The monoisotopic (exact) mass is 1180 g/mol. The number of rotatable bonds is 17. The molecule has 24 heteroatoms. The zero-order chi connectivity index (χ0) is 61.8. The highest BCUT2D eigenvalue weighted by atomic mass is 16.5. The van der Waals surface area contributed by atoms with Crippen molar-refractivity contribution in [1.82, 2.24) is 36.8 Å². The largest absolute Gasteiger partial charge is 0.508 e. The number of carbonyl (C=O) groups excluding carboxylic acids is 7. The lowest BCUT2D eigenvalue weighted by Gasteiger charge is -2.34. The highest BCUT2D eigenvalue weighted by molar-refractivity contribution is 6.01. The molecule has 7 unspecified atom stereocenters. The number of benzene rings is 4. The molecule has 0 bridgehead atoms. The van der Waals surface area contributed by atoms with Crippen LogP contribution in [0, 0.1) is 17.8 Å². The van der Waals surface area contributed by atoms with Gasteiger partial charge in [0.1, 0.15) is 60.1 Å². The molecule has 24 nitrogen and oxygen atoms in total. The maximum absolute atomic E-state index is 14.7. The van der Waals surface area contributed by atoms with Crippen LogP contribution in [0.4, 0.5) is 0 Å². The van der Waals surface area contributed by atoms with E-state index in [1.807, 2.05) is 48.5 Å². The fraction of sp³-hybridized carbons (Fsp3) is 0.492. The molecule has 16 N–H and O–H groups in total. The first-order valence-corrected chi connectivity index (χ1v) is 28.8. The molecule has 4 aromatic carbocycles. The van der Waals surface area contributed by atoms with Crippen LogP contribution in [0.15, 0.2) is 97.1 Å². The van der Waals surface area contributed by atoms with Crippen molar-refractivity contribution in [2.45, 2.75) is 145 Å². The smallest absolute Gasteiger partial charge is 0.251 e. The Hall–Kier alpha value is -7.39. The number of fused-ring (bicyclic) bond motifs is 2. The topological polar surface area (TPSA) is 392 Å². The summed E-state index contributed by atoms with van der Waals surface area (Å²) in [6.45, 7) is 6.14. The number of unbranched alkanes of at least 4 members (excludes halogenated alkanes) is 2. The van der Waals surface area contributed by atoms with Gasteiger partial charge in [-0.25, -0.2) is 0 Å². The molecular weight excluding hydrogens is 1100 g/mol. The third-order valence-corrected chi connectivity index (χ3v) is 16.0. The standard InChI is InChI=1S/C61H80N8O16/c1-5-6-7-26-85-42-22-18-37(19-23-42)35-10-8-34(9-11-35)36-12-14-39(15-13-36)56(79)64-45-29-46(74)55(63-25-24-62)68-60(83)50-51(75)31(2)30-69(50)61(84)48(33(4)71)66-59(82)49(54(78)52(76)38-16-20-40(72)21-17-38)67-57(80)44-28-41(73)27-43(44)53(77)47(32(3)70)65-58(45)81/h8-23,31-33,41,43-52,54-55,63,70-76,78H,5-7,24-30,62H2,1-4H3,(H,64,79)(H,65,81)(H,66,82)(H,67,80)(H,68,83)/t31-,32+,33+,41-,43?,44?,45-,46+,47?,48?,49?,50?,51-,52-,54-,55?/m0/s1.